The molecular weight excluding hydrogens is 288 g/mol. The van der Waals surface area contributed by atoms with E-state index in [9.17, 15) is 14.7 Å². The van der Waals surface area contributed by atoms with Crippen LogP contribution in [0.4, 0.5) is 5.69 Å². The average Bonchev–Trinajstić information content (AvgIpc) is 3.10. The molecule has 1 aliphatic rings. The summed E-state index contributed by atoms with van der Waals surface area (Å²) < 4.78 is 9.98. The Balaban J connectivity index is 2.34. The molecule has 0 saturated carbocycles. The highest BCUT2D eigenvalue weighted by molar-refractivity contribution is 6.07. The number of anilines is 1. The van der Waals surface area contributed by atoms with Crippen LogP contribution in [-0.4, -0.2) is 42.7 Å². The van der Waals surface area contributed by atoms with Crippen LogP contribution in [0.2, 0.25) is 0 Å². The average molecular weight is 304 g/mol. The number of methoxy groups -OCH3 is 2. The normalized spacial score (nSPS) is 13.3. The van der Waals surface area contributed by atoms with Crippen molar-refractivity contribution in [1.29, 1.82) is 0 Å². The number of aromatic amines is 1. The van der Waals surface area contributed by atoms with Gasteiger partial charge in [-0.2, -0.15) is 0 Å². The van der Waals surface area contributed by atoms with E-state index in [4.69, 9.17) is 9.47 Å². The number of phenols is 1. The maximum atomic E-state index is 11.7. The highest BCUT2D eigenvalue weighted by Gasteiger charge is 2.32. The first kappa shape index (κ1) is 14.2. The number of fused-ring (bicyclic) bond motifs is 3. The van der Waals surface area contributed by atoms with Crippen molar-refractivity contribution in [2.75, 3.05) is 25.7 Å². The summed E-state index contributed by atoms with van der Waals surface area (Å²) >= 11 is 0. The van der Waals surface area contributed by atoms with Crippen molar-refractivity contribution >= 4 is 28.5 Å². The lowest BCUT2D eigenvalue weighted by Crippen LogP contribution is -2.25. The van der Waals surface area contributed by atoms with Gasteiger partial charge in [-0.05, 0) is 18.1 Å². The molecule has 7 nitrogen and oxygen atoms in total. The van der Waals surface area contributed by atoms with E-state index in [1.807, 2.05) is 0 Å². The van der Waals surface area contributed by atoms with Crippen molar-refractivity contribution in [2.24, 2.45) is 0 Å². The van der Waals surface area contributed by atoms with Crippen LogP contribution in [0.15, 0.2) is 6.07 Å². The van der Waals surface area contributed by atoms with Crippen LogP contribution < -0.4 is 9.64 Å². The van der Waals surface area contributed by atoms with E-state index < -0.39 is 5.97 Å². The van der Waals surface area contributed by atoms with Crippen molar-refractivity contribution < 1.29 is 24.2 Å². The molecule has 22 heavy (non-hydrogen) atoms. The number of carbonyl (C=O) groups is 2. The first-order chi connectivity index (χ1) is 10.5. The maximum Gasteiger partial charge on any atom is 0.354 e. The lowest BCUT2D eigenvalue weighted by Gasteiger charge is -2.18. The minimum atomic E-state index is -0.507. The van der Waals surface area contributed by atoms with Gasteiger partial charge in [0.1, 0.15) is 5.69 Å². The number of nitrogens with one attached hydrogen (secondary N) is 1. The Bertz CT molecular complexity index is 793. The largest absolute Gasteiger partial charge is 0.503 e. The van der Waals surface area contributed by atoms with Crippen molar-refractivity contribution in [2.45, 2.75) is 13.3 Å². The molecule has 0 aliphatic carbocycles. The Morgan fingerprint density at radius 1 is 1.36 bits per heavy atom. The smallest absolute Gasteiger partial charge is 0.354 e. The first-order valence-corrected chi connectivity index (χ1v) is 6.80. The van der Waals surface area contributed by atoms with Gasteiger partial charge in [-0.1, -0.05) is 0 Å². The Morgan fingerprint density at radius 3 is 2.68 bits per heavy atom. The Hall–Kier alpha value is -2.70. The van der Waals surface area contributed by atoms with Gasteiger partial charge in [0.05, 0.1) is 25.4 Å². The fourth-order valence-electron chi connectivity index (χ4n) is 2.98. The number of esters is 1. The molecule has 1 amide bonds. The zero-order valence-electron chi connectivity index (χ0n) is 12.5. The standard InChI is InChI=1S/C15H16N2O5/c1-7(18)17-5-4-8-9-6-10(15(20)22-3)16-11(9)14(21-2)13(19)12(8)17/h6,16,19H,4-5H2,1-3H3. The predicted molar refractivity (Wildman–Crippen MR) is 79.6 cm³/mol. The summed E-state index contributed by atoms with van der Waals surface area (Å²) in [5.74, 6) is -0.555. The van der Waals surface area contributed by atoms with Gasteiger partial charge in [0, 0.05) is 18.9 Å². The molecule has 0 saturated heterocycles. The number of amides is 1. The number of aromatic nitrogens is 1. The highest BCUT2D eigenvalue weighted by Crippen LogP contribution is 2.48. The van der Waals surface area contributed by atoms with Crippen LogP contribution in [0, 0.1) is 0 Å². The van der Waals surface area contributed by atoms with Gasteiger partial charge in [0.15, 0.2) is 11.5 Å². The third-order valence-electron chi connectivity index (χ3n) is 3.94. The second-order valence-electron chi connectivity index (χ2n) is 5.09. The number of nitrogens with zero attached hydrogens (tertiary/aromatic N) is 1. The zero-order chi connectivity index (χ0) is 16.0. The molecule has 2 N–H and O–H groups in total. The van der Waals surface area contributed by atoms with Crippen molar-refractivity contribution in [1.82, 2.24) is 4.98 Å². The second kappa shape index (κ2) is 4.94. The van der Waals surface area contributed by atoms with Crippen LogP contribution in [-0.2, 0) is 16.0 Å². The molecule has 1 aromatic heterocycles. The van der Waals surface area contributed by atoms with E-state index in [2.05, 4.69) is 4.98 Å². The maximum absolute atomic E-state index is 11.7. The summed E-state index contributed by atoms with van der Waals surface area (Å²) in [6.07, 6.45) is 0.599. The Kier molecular flexibility index (Phi) is 3.20. The molecule has 0 radical (unpaired) electrons. The molecule has 116 valence electrons. The summed E-state index contributed by atoms with van der Waals surface area (Å²) in [4.78, 5) is 27.9. The third-order valence-corrected chi connectivity index (χ3v) is 3.94. The molecular formula is C15H16N2O5. The SMILES string of the molecule is COC(=O)c1cc2c3c(c(O)c(OC)c2[nH]1)N(C(C)=O)CC3. The van der Waals surface area contributed by atoms with Crippen molar-refractivity contribution in [3.05, 3.63) is 17.3 Å². The molecule has 7 heteroatoms. The second-order valence-corrected chi connectivity index (χ2v) is 5.09. The summed E-state index contributed by atoms with van der Waals surface area (Å²) in [5, 5.41) is 11.2. The molecule has 2 heterocycles. The number of ether oxygens (including phenoxy) is 2. The third kappa shape index (κ3) is 1.82. The highest BCUT2D eigenvalue weighted by atomic mass is 16.5. The molecule has 0 fully saturated rings. The van der Waals surface area contributed by atoms with Gasteiger partial charge in [-0.15, -0.1) is 0 Å². The number of rotatable bonds is 2. The summed E-state index contributed by atoms with van der Waals surface area (Å²) in [6.45, 7) is 1.93. The summed E-state index contributed by atoms with van der Waals surface area (Å²) in [7, 11) is 2.72. The van der Waals surface area contributed by atoms with Gasteiger partial charge in [0.25, 0.3) is 0 Å². The molecule has 0 bridgehead atoms. The molecule has 1 aliphatic heterocycles. The van der Waals surface area contributed by atoms with E-state index in [0.717, 1.165) is 10.9 Å². The monoisotopic (exact) mass is 304 g/mol. The van der Waals surface area contributed by atoms with Crippen LogP contribution in [0.5, 0.6) is 11.5 Å². The van der Waals surface area contributed by atoms with E-state index >= 15 is 0 Å². The number of phenolic OH excluding ortho intramolecular Hbond substituents is 1. The van der Waals surface area contributed by atoms with Gasteiger partial charge < -0.3 is 24.5 Å². The molecule has 1 aromatic carbocycles. The fraction of sp³-hybridized carbons (Fsp3) is 0.333. The zero-order valence-corrected chi connectivity index (χ0v) is 12.5. The minimum absolute atomic E-state index is 0.101. The van der Waals surface area contributed by atoms with Gasteiger partial charge in [-0.3, -0.25) is 4.79 Å². The molecule has 3 rings (SSSR count). The first-order valence-electron chi connectivity index (χ1n) is 6.80. The van der Waals surface area contributed by atoms with Crippen LogP contribution >= 0.6 is 0 Å². The number of benzene rings is 1. The number of hydrogen-bond acceptors (Lipinski definition) is 5. The Labute approximate surface area is 126 Å². The van der Waals surface area contributed by atoms with Crippen LogP contribution in [0.25, 0.3) is 10.9 Å². The number of hydrogen-bond donors (Lipinski definition) is 2. The Morgan fingerprint density at radius 2 is 2.09 bits per heavy atom. The minimum Gasteiger partial charge on any atom is -0.503 e. The lowest BCUT2D eigenvalue weighted by atomic mass is 10.1. The van der Waals surface area contributed by atoms with E-state index in [0.29, 0.717) is 24.2 Å². The summed E-state index contributed by atoms with van der Waals surface area (Å²) in [5.41, 5.74) is 2.05. The number of H-pyrrole nitrogens is 1. The predicted octanol–water partition coefficient (Wildman–Crippen LogP) is 1.58. The fourth-order valence-corrected chi connectivity index (χ4v) is 2.98. The number of carbonyl (C=O) groups excluding carboxylic acids is 2. The quantitative estimate of drug-likeness (QED) is 0.822. The van der Waals surface area contributed by atoms with Crippen molar-refractivity contribution in [3.63, 3.8) is 0 Å². The molecule has 0 spiro atoms. The van der Waals surface area contributed by atoms with E-state index in [-0.39, 0.29) is 23.1 Å². The summed E-state index contributed by atoms with van der Waals surface area (Å²) in [6, 6.07) is 1.66. The van der Waals surface area contributed by atoms with Crippen molar-refractivity contribution in [3.8, 4) is 11.5 Å². The topological polar surface area (TPSA) is 91.9 Å². The van der Waals surface area contributed by atoms with E-state index in [1.54, 1.807) is 6.07 Å². The number of aromatic hydroxyl groups is 1. The van der Waals surface area contributed by atoms with Gasteiger partial charge in [0.2, 0.25) is 5.91 Å². The van der Waals surface area contributed by atoms with Crippen LogP contribution in [0.3, 0.4) is 0 Å². The van der Waals surface area contributed by atoms with E-state index in [1.165, 1.54) is 26.0 Å². The molecule has 0 atom stereocenters. The van der Waals surface area contributed by atoms with Gasteiger partial charge in [-0.25, -0.2) is 4.79 Å². The molecule has 2 aromatic rings. The van der Waals surface area contributed by atoms with Crippen LogP contribution in [0.1, 0.15) is 23.0 Å². The van der Waals surface area contributed by atoms with Gasteiger partial charge >= 0.3 is 5.97 Å². The molecule has 0 unspecified atom stereocenters. The lowest BCUT2D eigenvalue weighted by molar-refractivity contribution is -0.116.